The number of anilines is 2. The zero-order chi connectivity index (χ0) is 22.2. The largest absolute Gasteiger partial charge is 0.485 e. The molecule has 0 aromatic heterocycles. The van der Waals surface area contributed by atoms with Gasteiger partial charge in [-0.3, -0.25) is 0 Å². The van der Waals surface area contributed by atoms with Crippen molar-refractivity contribution in [3.8, 4) is 16.9 Å². The zero-order valence-electron chi connectivity index (χ0n) is 17.7. The Labute approximate surface area is 180 Å². The fourth-order valence-corrected chi connectivity index (χ4v) is 3.72. The highest BCUT2D eigenvalue weighted by Crippen LogP contribution is 2.43. The molecule has 158 valence electrons. The first-order valence-electron chi connectivity index (χ1n) is 10.0. The average molecular weight is 416 g/mol. The quantitative estimate of drug-likeness (QED) is 0.508. The minimum Gasteiger partial charge on any atom is -0.485 e. The highest BCUT2D eigenvalue weighted by molar-refractivity contribution is 6.01. The van der Waals surface area contributed by atoms with Gasteiger partial charge in [-0.1, -0.05) is 29.8 Å². The van der Waals surface area contributed by atoms with Crippen molar-refractivity contribution in [3.05, 3.63) is 77.4 Å². The van der Waals surface area contributed by atoms with E-state index < -0.39 is 11.6 Å². The first kappa shape index (κ1) is 20.5. The summed E-state index contributed by atoms with van der Waals surface area (Å²) in [4.78, 5) is 24.0. The lowest BCUT2D eigenvalue weighted by molar-refractivity contribution is 0.0697. The molecule has 2 amide bonds. The topological polar surface area (TPSA) is 87.7 Å². The lowest BCUT2D eigenvalue weighted by Gasteiger charge is -2.19. The van der Waals surface area contributed by atoms with E-state index in [0.29, 0.717) is 23.5 Å². The van der Waals surface area contributed by atoms with E-state index in [-0.39, 0.29) is 11.6 Å². The number of amides is 2. The number of nitrogens with one attached hydrogen (secondary N) is 2. The number of hydrogen-bond acceptors (Lipinski definition) is 3. The van der Waals surface area contributed by atoms with Crippen molar-refractivity contribution in [1.29, 1.82) is 0 Å². The van der Waals surface area contributed by atoms with Crippen LogP contribution in [-0.2, 0) is 6.42 Å². The van der Waals surface area contributed by atoms with Gasteiger partial charge < -0.3 is 20.5 Å². The van der Waals surface area contributed by atoms with E-state index in [1.54, 1.807) is 18.2 Å². The van der Waals surface area contributed by atoms with Gasteiger partial charge in [0.05, 0.1) is 11.3 Å². The van der Waals surface area contributed by atoms with Crippen LogP contribution in [0.4, 0.5) is 16.2 Å². The number of carbonyl (C=O) groups is 2. The van der Waals surface area contributed by atoms with Crippen molar-refractivity contribution in [3.63, 3.8) is 0 Å². The smallest absolute Gasteiger partial charge is 0.335 e. The number of fused-ring (bicyclic) bond motifs is 1. The van der Waals surface area contributed by atoms with Gasteiger partial charge in [0.15, 0.2) is 0 Å². The molecule has 6 nitrogen and oxygen atoms in total. The average Bonchev–Trinajstić information content (AvgIpc) is 3.04. The second kappa shape index (κ2) is 7.80. The molecule has 1 aliphatic heterocycles. The fourth-order valence-electron chi connectivity index (χ4n) is 3.72. The van der Waals surface area contributed by atoms with E-state index >= 15 is 0 Å². The molecule has 0 bridgehead atoms. The summed E-state index contributed by atoms with van der Waals surface area (Å²) in [6.45, 7) is 5.97. The minimum absolute atomic E-state index is 0.209. The summed E-state index contributed by atoms with van der Waals surface area (Å²) in [7, 11) is 0. The summed E-state index contributed by atoms with van der Waals surface area (Å²) >= 11 is 0. The Morgan fingerprint density at radius 2 is 1.71 bits per heavy atom. The molecule has 1 heterocycles. The molecule has 0 atom stereocenters. The molecule has 4 rings (SSSR count). The number of rotatable bonds is 4. The number of carboxylic acid groups (broad SMARTS) is 1. The molecule has 3 N–H and O–H groups in total. The third-order valence-electron chi connectivity index (χ3n) is 5.16. The molecule has 6 heteroatoms. The number of carbonyl (C=O) groups excluding carboxylic acids is 1. The van der Waals surface area contributed by atoms with Gasteiger partial charge in [0.1, 0.15) is 11.4 Å². The van der Waals surface area contributed by atoms with Crippen LogP contribution in [0.15, 0.2) is 60.7 Å². The van der Waals surface area contributed by atoms with Crippen molar-refractivity contribution in [2.45, 2.75) is 32.8 Å². The monoisotopic (exact) mass is 416 g/mol. The Hall–Kier alpha value is -3.80. The van der Waals surface area contributed by atoms with Gasteiger partial charge in [-0.2, -0.15) is 0 Å². The highest BCUT2D eigenvalue weighted by atomic mass is 16.5. The maximum atomic E-state index is 12.7. The second-order valence-corrected chi connectivity index (χ2v) is 8.38. The molecular weight excluding hydrogens is 392 g/mol. The van der Waals surface area contributed by atoms with Gasteiger partial charge in [0, 0.05) is 17.7 Å². The molecule has 1 aliphatic rings. The molecule has 3 aromatic carbocycles. The molecule has 31 heavy (non-hydrogen) atoms. The Morgan fingerprint density at radius 3 is 2.42 bits per heavy atom. The Morgan fingerprint density at radius 1 is 0.968 bits per heavy atom. The van der Waals surface area contributed by atoms with Crippen LogP contribution in [0.3, 0.4) is 0 Å². The van der Waals surface area contributed by atoms with Crippen LogP contribution in [0.25, 0.3) is 11.1 Å². The number of hydrogen-bond donors (Lipinski definition) is 3. The van der Waals surface area contributed by atoms with Gasteiger partial charge in [-0.15, -0.1) is 0 Å². The number of urea groups is 1. The van der Waals surface area contributed by atoms with Crippen molar-refractivity contribution >= 4 is 23.4 Å². The summed E-state index contributed by atoms with van der Waals surface area (Å²) in [6, 6.07) is 17.7. The van der Waals surface area contributed by atoms with Gasteiger partial charge in [0.25, 0.3) is 0 Å². The van der Waals surface area contributed by atoms with Gasteiger partial charge in [-0.05, 0) is 68.3 Å². The zero-order valence-corrected chi connectivity index (χ0v) is 17.7. The first-order chi connectivity index (χ1) is 14.7. The summed E-state index contributed by atoms with van der Waals surface area (Å²) in [6.07, 6.45) is 0.684. The van der Waals surface area contributed by atoms with Crippen molar-refractivity contribution < 1.29 is 19.4 Å². The first-order valence-corrected chi connectivity index (χ1v) is 10.0. The third-order valence-corrected chi connectivity index (χ3v) is 5.16. The van der Waals surface area contributed by atoms with Gasteiger partial charge >= 0.3 is 12.0 Å². The molecule has 0 unspecified atom stereocenters. The van der Waals surface area contributed by atoms with Crippen LogP contribution in [0, 0.1) is 6.92 Å². The maximum Gasteiger partial charge on any atom is 0.335 e. The molecule has 0 saturated heterocycles. The molecule has 0 saturated carbocycles. The second-order valence-electron chi connectivity index (χ2n) is 8.38. The third kappa shape index (κ3) is 4.53. The van der Waals surface area contributed by atoms with Crippen molar-refractivity contribution in [2.24, 2.45) is 0 Å². The van der Waals surface area contributed by atoms with Crippen LogP contribution in [-0.4, -0.2) is 22.7 Å². The maximum absolute atomic E-state index is 12.7. The standard InChI is InChI=1S/C25H24N2O4/c1-15-7-9-20(10-8-15)26-24(30)27-21-13-18(12-19-14-25(2,3)31-22(19)21)16-5-4-6-17(11-16)23(28)29/h4-13H,14H2,1-3H3,(H,28,29)(H2,26,27,30). The Balaban J connectivity index is 1.68. The number of ether oxygens (including phenoxy) is 1. The van der Waals surface area contributed by atoms with Crippen molar-refractivity contribution in [2.75, 3.05) is 10.6 Å². The lowest BCUT2D eigenvalue weighted by Crippen LogP contribution is -2.25. The summed E-state index contributed by atoms with van der Waals surface area (Å²) in [5.74, 6) is -0.342. The highest BCUT2D eigenvalue weighted by Gasteiger charge is 2.33. The van der Waals surface area contributed by atoms with Crippen LogP contribution >= 0.6 is 0 Å². The number of carboxylic acids is 1. The van der Waals surface area contributed by atoms with Crippen LogP contribution in [0.5, 0.6) is 5.75 Å². The van der Waals surface area contributed by atoms with Crippen LogP contribution in [0.1, 0.15) is 35.3 Å². The summed E-state index contributed by atoms with van der Waals surface area (Å²) in [5, 5.41) is 15.1. The molecule has 3 aromatic rings. The lowest BCUT2D eigenvalue weighted by atomic mass is 9.96. The Kier molecular flexibility index (Phi) is 5.15. The number of benzene rings is 3. The van der Waals surface area contributed by atoms with E-state index in [2.05, 4.69) is 10.6 Å². The van der Waals surface area contributed by atoms with E-state index in [1.165, 1.54) is 0 Å². The molecule has 0 fully saturated rings. The van der Waals surface area contributed by atoms with Crippen LogP contribution in [0.2, 0.25) is 0 Å². The molecule has 0 spiro atoms. The van der Waals surface area contributed by atoms with E-state index in [4.69, 9.17) is 4.74 Å². The van der Waals surface area contributed by atoms with Crippen molar-refractivity contribution in [1.82, 2.24) is 0 Å². The number of aromatic carboxylic acids is 1. The minimum atomic E-state index is -0.983. The van der Waals surface area contributed by atoms with Gasteiger partial charge in [-0.25, -0.2) is 9.59 Å². The van der Waals surface area contributed by atoms with E-state index in [9.17, 15) is 14.7 Å². The Bertz CT molecular complexity index is 1170. The van der Waals surface area contributed by atoms with Gasteiger partial charge in [0.2, 0.25) is 0 Å². The van der Waals surface area contributed by atoms with E-state index in [0.717, 1.165) is 22.3 Å². The predicted octanol–water partition coefficient (Wildman–Crippen LogP) is 5.72. The predicted molar refractivity (Wildman–Crippen MR) is 121 cm³/mol. The van der Waals surface area contributed by atoms with E-state index in [1.807, 2.05) is 63.2 Å². The SMILES string of the molecule is Cc1ccc(NC(=O)Nc2cc(-c3cccc(C(=O)O)c3)cc3c2OC(C)(C)C3)cc1. The number of aryl methyl sites for hydroxylation is 1. The normalized spacial score (nSPS) is 13.8. The molecule has 0 aliphatic carbocycles. The molecule has 0 radical (unpaired) electrons. The summed E-state index contributed by atoms with van der Waals surface area (Å²) in [5.41, 5.74) is 4.69. The fraction of sp³-hybridized carbons (Fsp3) is 0.200. The molecular formula is C25H24N2O4. The van der Waals surface area contributed by atoms with Crippen LogP contribution < -0.4 is 15.4 Å². The summed E-state index contributed by atoms with van der Waals surface area (Å²) < 4.78 is 6.11.